The Balaban J connectivity index is 2.17. The summed E-state index contributed by atoms with van der Waals surface area (Å²) in [5.41, 5.74) is 0.379. The van der Waals surface area contributed by atoms with Gasteiger partial charge in [0.25, 0.3) is 0 Å². The summed E-state index contributed by atoms with van der Waals surface area (Å²) >= 11 is 6.22. The molecule has 29 heavy (non-hydrogen) atoms. The second kappa shape index (κ2) is 10.0. The first-order valence-corrected chi connectivity index (χ1v) is 9.15. The van der Waals surface area contributed by atoms with Crippen LogP contribution in [0.5, 0.6) is 23.0 Å². The number of esters is 1. The number of Topliss-reactive ketones (excluding diaryl/α,β-unsaturated/α-hetero) is 1. The van der Waals surface area contributed by atoms with E-state index in [1.54, 1.807) is 12.1 Å². The van der Waals surface area contributed by atoms with Crippen molar-refractivity contribution in [1.82, 2.24) is 0 Å². The molecule has 0 fully saturated rings. The Morgan fingerprint density at radius 3 is 2.24 bits per heavy atom. The molecule has 2 aromatic rings. The van der Waals surface area contributed by atoms with E-state index >= 15 is 0 Å². The first-order valence-electron chi connectivity index (χ1n) is 8.77. The van der Waals surface area contributed by atoms with Gasteiger partial charge in [-0.3, -0.25) is 4.79 Å². The van der Waals surface area contributed by atoms with Crippen molar-refractivity contribution >= 4 is 23.4 Å². The third kappa shape index (κ3) is 5.54. The van der Waals surface area contributed by atoms with Crippen LogP contribution in [-0.4, -0.2) is 45.8 Å². The fourth-order valence-corrected chi connectivity index (χ4v) is 2.77. The SMILES string of the molecule is COc1ccc(OC)c(C(=O)COC(=O)c2cc(Cl)c(OC(C)C)c(OC)c2)c1. The van der Waals surface area contributed by atoms with E-state index in [4.69, 9.17) is 35.3 Å². The van der Waals surface area contributed by atoms with E-state index in [1.807, 2.05) is 13.8 Å². The van der Waals surface area contributed by atoms with Crippen molar-refractivity contribution in [2.24, 2.45) is 0 Å². The largest absolute Gasteiger partial charge is 0.497 e. The van der Waals surface area contributed by atoms with Crippen molar-refractivity contribution in [3.05, 3.63) is 46.5 Å². The van der Waals surface area contributed by atoms with E-state index < -0.39 is 18.4 Å². The van der Waals surface area contributed by atoms with E-state index in [0.717, 1.165) is 0 Å². The number of halogens is 1. The minimum atomic E-state index is -0.725. The summed E-state index contributed by atoms with van der Waals surface area (Å²) in [6.07, 6.45) is -0.130. The number of ketones is 1. The van der Waals surface area contributed by atoms with Crippen molar-refractivity contribution in [2.45, 2.75) is 20.0 Å². The predicted octanol–water partition coefficient (Wildman–Crippen LogP) is 4.19. The number of methoxy groups -OCH3 is 3. The highest BCUT2D eigenvalue weighted by Crippen LogP contribution is 2.37. The molecule has 0 unspecified atom stereocenters. The highest BCUT2D eigenvalue weighted by Gasteiger charge is 2.20. The van der Waals surface area contributed by atoms with Gasteiger partial charge in [-0.2, -0.15) is 0 Å². The van der Waals surface area contributed by atoms with Crippen LogP contribution in [0.15, 0.2) is 30.3 Å². The zero-order valence-electron chi connectivity index (χ0n) is 16.9. The molecule has 0 bridgehead atoms. The van der Waals surface area contributed by atoms with Gasteiger partial charge in [0, 0.05) is 0 Å². The van der Waals surface area contributed by atoms with E-state index in [0.29, 0.717) is 23.0 Å². The zero-order valence-corrected chi connectivity index (χ0v) is 17.7. The van der Waals surface area contributed by atoms with Gasteiger partial charge in [-0.15, -0.1) is 0 Å². The first kappa shape index (κ1) is 22.4. The molecular weight excluding hydrogens is 400 g/mol. The minimum absolute atomic E-state index is 0.130. The smallest absolute Gasteiger partial charge is 0.338 e. The molecule has 0 N–H and O–H groups in total. The molecule has 0 heterocycles. The summed E-state index contributed by atoms with van der Waals surface area (Å²) < 4.78 is 26.3. The predicted molar refractivity (Wildman–Crippen MR) is 108 cm³/mol. The van der Waals surface area contributed by atoms with Gasteiger partial charge in [0.1, 0.15) is 11.5 Å². The molecule has 0 amide bonds. The standard InChI is InChI=1S/C21H23ClO7/c1-12(2)29-20-16(22)8-13(9-19(20)27-5)21(24)28-11-17(23)15-10-14(25-3)6-7-18(15)26-4/h6-10,12H,11H2,1-5H3. The van der Waals surface area contributed by atoms with E-state index in [9.17, 15) is 9.59 Å². The van der Waals surface area contributed by atoms with E-state index in [-0.39, 0.29) is 22.3 Å². The quantitative estimate of drug-likeness (QED) is 0.442. The van der Waals surface area contributed by atoms with Gasteiger partial charge in [0.05, 0.1) is 43.6 Å². The molecule has 2 aromatic carbocycles. The van der Waals surface area contributed by atoms with Gasteiger partial charge >= 0.3 is 5.97 Å². The molecule has 0 aromatic heterocycles. The average Bonchev–Trinajstić information content (AvgIpc) is 2.72. The molecular formula is C21H23ClO7. The van der Waals surface area contributed by atoms with Crippen LogP contribution < -0.4 is 18.9 Å². The minimum Gasteiger partial charge on any atom is -0.497 e. The fourth-order valence-electron chi connectivity index (χ4n) is 2.51. The Morgan fingerprint density at radius 1 is 0.966 bits per heavy atom. The Labute approximate surface area is 174 Å². The third-order valence-electron chi connectivity index (χ3n) is 3.86. The monoisotopic (exact) mass is 422 g/mol. The number of carbonyl (C=O) groups excluding carboxylic acids is 2. The lowest BCUT2D eigenvalue weighted by atomic mass is 10.1. The van der Waals surface area contributed by atoms with Gasteiger partial charge in [-0.25, -0.2) is 4.79 Å². The summed E-state index contributed by atoms with van der Waals surface area (Å²) in [6, 6.07) is 7.64. The van der Waals surface area contributed by atoms with Gasteiger partial charge < -0.3 is 23.7 Å². The van der Waals surface area contributed by atoms with Crippen molar-refractivity contribution in [3.63, 3.8) is 0 Å². The summed E-state index contributed by atoms with van der Waals surface area (Å²) in [7, 11) is 4.37. The summed E-state index contributed by atoms with van der Waals surface area (Å²) in [5, 5.41) is 0.200. The van der Waals surface area contributed by atoms with E-state index in [2.05, 4.69) is 0 Å². The molecule has 0 aliphatic heterocycles. The van der Waals surface area contributed by atoms with Crippen LogP contribution in [0.2, 0.25) is 5.02 Å². The van der Waals surface area contributed by atoms with Crippen LogP contribution in [-0.2, 0) is 4.74 Å². The Hall–Kier alpha value is -2.93. The molecule has 0 saturated heterocycles. The first-order chi connectivity index (χ1) is 13.8. The number of ether oxygens (including phenoxy) is 5. The molecule has 0 atom stereocenters. The van der Waals surface area contributed by atoms with Gasteiger partial charge in [-0.05, 0) is 44.2 Å². The Kier molecular flexibility index (Phi) is 7.73. The van der Waals surface area contributed by atoms with Crippen molar-refractivity contribution in [2.75, 3.05) is 27.9 Å². The van der Waals surface area contributed by atoms with Gasteiger partial charge in [-0.1, -0.05) is 11.6 Å². The summed E-state index contributed by atoms with van der Waals surface area (Å²) in [4.78, 5) is 24.9. The van der Waals surface area contributed by atoms with Gasteiger partial charge in [0.15, 0.2) is 18.1 Å². The van der Waals surface area contributed by atoms with Crippen LogP contribution >= 0.6 is 11.6 Å². The van der Waals surface area contributed by atoms with Crippen molar-refractivity contribution in [1.29, 1.82) is 0 Å². The Morgan fingerprint density at radius 2 is 1.66 bits per heavy atom. The van der Waals surface area contributed by atoms with Crippen molar-refractivity contribution < 1.29 is 33.3 Å². The maximum Gasteiger partial charge on any atom is 0.338 e. The Bertz CT molecular complexity index is 893. The number of hydrogen-bond donors (Lipinski definition) is 0. The number of carbonyl (C=O) groups is 2. The third-order valence-corrected chi connectivity index (χ3v) is 4.14. The van der Waals surface area contributed by atoms with Crippen LogP contribution in [0.1, 0.15) is 34.6 Å². The number of hydrogen-bond acceptors (Lipinski definition) is 7. The lowest BCUT2D eigenvalue weighted by Crippen LogP contribution is -2.15. The van der Waals surface area contributed by atoms with Gasteiger partial charge in [0.2, 0.25) is 5.78 Å². The normalized spacial score (nSPS) is 10.4. The highest BCUT2D eigenvalue weighted by atomic mass is 35.5. The highest BCUT2D eigenvalue weighted by molar-refractivity contribution is 6.32. The second-order valence-corrected chi connectivity index (χ2v) is 6.63. The maximum absolute atomic E-state index is 12.5. The molecule has 0 saturated carbocycles. The number of rotatable bonds is 9. The maximum atomic E-state index is 12.5. The molecule has 0 aliphatic carbocycles. The van der Waals surface area contributed by atoms with E-state index in [1.165, 1.54) is 39.5 Å². The number of benzene rings is 2. The molecule has 7 nitrogen and oxygen atoms in total. The molecule has 8 heteroatoms. The van der Waals surface area contributed by atoms with Crippen LogP contribution in [0, 0.1) is 0 Å². The van der Waals surface area contributed by atoms with Crippen LogP contribution in [0.25, 0.3) is 0 Å². The molecule has 156 valence electrons. The van der Waals surface area contributed by atoms with Crippen molar-refractivity contribution in [3.8, 4) is 23.0 Å². The molecule has 2 rings (SSSR count). The summed E-state index contributed by atoms with van der Waals surface area (Å²) in [6.45, 7) is 3.21. The molecule has 0 radical (unpaired) electrons. The molecule has 0 spiro atoms. The molecule has 0 aliphatic rings. The lowest BCUT2D eigenvalue weighted by molar-refractivity contribution is 0.0473. The zero-order chi connectivity index (χ0) is 21.6. The topological polar surface area (TPSA) is 80.3 Å². The van der Waals surface area contributed by atoms with Crippen LogP contribution in [0.3, 0.4) is 0 Å². The van der Waals surface area contributed by atoms with Crippen LogP contribution in [0.4, 0.5) is 0 Å². The fraction of sp³-hybridized carbons (Fsp3) is 0.333. The average molecular weight is 423 g/mol. The second-order valence-electron chi connectivity index (χ2n) is 6.22. The lowest BCUT2D eigenvalue weighted by Gasteiger charge is -2.16. The summed E-state index contributed by atoms with van der Waals surface area (Å²) in [5.74, 6) is 0.296.